The van der Waals surface area contributed by atoms with Crippen LogP contribution in [0.4, 0.5) is 0 Å². The number of carbonyl (C=O) groups excluding carboxylic acids is 1. The zero-order valence-corrected chi connectivity index (χ0v) is 17.5. The number of rotatable bonds is 2. The molecule has 2 aliphatic heterocycles. The lowest BCUT2D eigenvalue weighted by molar-refractivity contribution is -0.135. The lowest BCUT2D eigenvalue weighted by Gasteiger charge is -2.36. The molecular formula is C24H20O10. The van der Waals surface area contributed by atoms with Gasteiger partial charge in [-0.15, -0.1) is 0 Å². The van der Waals surface area contributed by atoms with Gasteiger partial charge in [0.05, 0.1) is 12.5 Å². The summed E-state index contributed by atoms with van der Waals surface area (Å²) < 4.78 is 11.4. The lowest BCUT2D eigenvalue weighted by Crippen LogP contribution is -2.32. The SMILES string of the molecule is O=C1CC(c2ccc(O)c(O)c2)c2c(cc(O)c3c2O[C@H](c2cc(O)c(O)c(O)c2)[C@@H](O)C3)O1. The average Bonchev–Trinajstić information content (AvgIpc) is 2.78. The van der Waals surface area contributed by atoms with Gasteiger partial charge in [0.15, 0.2) is 34.9 Å². The highest BCUT2D eigenvalue weighted by Gasteiger charge is 2.40. The molecule has 2 aliphatic rings. The molecule has 3 aromatic rings. The van der Waals surface area contributed by atoms with Crippen LogP contribution >= 0.6 is 0 Å². The molecule has 0 aromatic heterocycles. The van der Waals surface area contributed by atoms with Gasteiger partial charge < -0.3 is 45.2 Å². The maximum absolute atomic E-state index is 12.3. The number of aliphatic hydroxyl groups excluding tert-OH is 1. The number of ether oxygens (including phenoxy) is 2. The third-order valence-corrected chi connectivity index (χ3v) is 6.13. The van der Waals surface area contributed by atoms with Crippen molar-refractivity contribution in [2.45, 2.75) is 31.0 Å². The Kier molecular flexibility index (Phi) is 4.83. The number of hydrogen-bond donors (Lipinski definition) is 7. The molecule has 34 heavy (non-hydrogen) atoms. The van der Waals surface area contributed by atoms with Gasteiger partial charge >= 0.3 is 5.97 Å². The number of aliphatic hydroxyl groups is 1. The van der Waals surface area contributed by atoms with Gasteiger partial charge in [-0.3, -0.25) is 4.79 Å². The van der Waals surface area contributed by atoms with Crippen LogP contribution in [0.1, 0.15) is 40.7 Å². The maximum Gasteiger partial charge on any atom is 0.312 e. The van der Waals surface area contributed by atoms with Crippen LogP contribution in [0.15, 0.2) is 36.4 Å². The van der Waals surface area contributed by atoms with Gasteiger partial charge in [0.25, 0.3) is 0 Å². The number of phenols is 6. The summed E-state index contributed by atoms with van der Waals surface area (Å²) in [4.78, 5) is 12.3. The average molecular weight is 468 g/mol. The van der Waals surface area contributed by atoms with Gasteiger partial charge in [0.1, 0.15) is 17.2 Å². The third kappa shape index (κ3) is 3.35. The first-order valence-electron chi connectivity index (χ1n) is 10.3. The van der Waals surface area contributed by atoms with E-state index in [4.69, 9.17) is 9.47 Å². The number of phenolic OH excluding ortho intramolecular Hbond substituents is 6. The Balaban J connectivity index is 1.67. The van der Waals surface area contributed by atoms with E-state index in [2.05, 4.69) is 0 Å². The molecule has 0 bridgehead atoms. The first-order chi connectivity index (χ1) is 16.1. The molecule has 3 atom stereocenters. The smallest absolute Gasteiger partial charge is 0.312 e. The normalized spacial score (nSPS) is 21.2. The molecule has 0 radical (unpaired) electrons. The number of fused-ring (bicyclic) bond motifs is 3. The van der Waals surface area contributed by atoms with Gasteiger partial charge in [-0.1, -0.05) is 6.07 Å². The fourth-order valence-electron chi connectivity index (χ4n) is 4.50. The van der Waals surface area contributed by atoms with Crippen molar-refractivity contribution in [3.63, 3.8) is 0 Å². The minimum absolute atomic E-state index is 0.0385. The van der Waals surface area contributed by atoms with Gasteiger partial charge in [0, 0.05) is 35.1 Å². The van der Waals surface area contributed by atoms with Crippen LogP contribution in [0, 0.1) is 0 Å². The van der Waals surface area contributed by atoms with E-state index in [0.29, 0.717) is 11.1 Å². The molecule has 0 fully saturated rings. The zero-order valence-electron chi connectivity index (χ0n) is 17.5. The minimum Gasteiger partial charge on any atom is -0.507 e. The molecule has 3 aromatic carbocycles. The second-order valence-electron chi connectivity index (χ2n) is 8.31. The lowest BCUT2D eigenvalue weighted by atomic mass is 9.82. The van der Waals surface area contributed by atoms with E-state index in [1.54, 1.807) is 0 Å². The van der Waals surface area contributed by atoms with Crippen LogP contribution in [-0.4, -0.2) is 47.8 Å². The van der Waals surface area contributed by atoms with Gasteiger partial charge in [-0.25, -0.2) is 0 Å². The first kappa shape index (κ1) is 21.5. The predicted octanol–water partition coefficient (Wildman–Crippen LogP) is 2.40. The topological polar surface area (TPSA) is 177 Å². The Bertz CT molecular complexity index is 1310. The van der Waals surface area contributed by atoms with Crippen LogP contribution in [0.25, 0.3) is 0 Å². The molecule has 10 nitrogen and oxygen atoms in total. The fraction of sp³-hybridized carbons (Fsp3) is 0.208. The van der Waals surface area contributed by atoms with Gasteiger partial charge in [-0.2, -0.15) is 0 Å². The summed E-state index contributed by atoms with van der Waals surface area (Å²) in [6, 6.07) is 7.66. The summed E-state index contributed by atoms with van der Waals surface area (Å²) in [7, 11) is 0. The molecule has 5 rings (SSSR count). The van der Waals surface area contributed by atoms with Crippen LogP contribution in [0.2, 0.25) is 0 Å². The highest BCUT2D eigenvalue weighted by atomic mass is 16.5. The molecule has 2 heterocycles. The summed E-state index contributed by atoms with van der Waals surface area (Å²) in [6.45, 7) is 0. The van der Waals surface area contributed by atoms with Crippen molar-refractivity contribution in [3.05, 3.63) is 58.7 Å². The zero-order chi connectivity index (χ0) is 24.3. The Morgan fingerprint density at radius 2 is 1.44 bits per heavy atom. The van der Waals surface area contributed by atoms with E-state index in [-0.39, 0.29) is 52.7 Å². The Morgan fingerprint density at radius 3 is 2.12 bits per heavy atom. The molecule has 0 aliphatic carbocycles. The summed E-state index contributed by atoms with van der Waals surface area (Å²) in [5.41, 5.74) is 1.30. The predicted molar refractivity (Wildman–Crippen MR) is 114 cm³/mol. The van der Waals surface area contributed by atoms with Crippen molar-refractivity contribution >= 4 is 5.97 Å². The molecule has 7 N–H and O–H groups in total. The van der Waals surface area contributed by atoms with E-state index >= 15 is 0 Å². The van der Waals surface area contributed by atoms with Gasteiger partial charge in [-0.05, 0) is 29.8 Å². The van der Waals surface area contributed by atoms with Crippen molar-refractivity contribution < 1.29 is 50.0 Å². The molecule has 176 valence electrons. The van der Waals surface area contributed by atoms with Crippen molar-refractivity contribution in [1.82, 2.24) is 0 Å². The van der Waals surface area contributed by atoms with Crippen LogP contribution < -0.4 is 9.47 Å². The van der Waals surface area contributed by atoms with E-state index in [9.17, 15) is 40.5 Å². The molecule has 0 spiro atoms. The van der Waals surface area contributed by atoms with Gasteiger partial charge in [0.2, 0.25) is 0 Å². The summed E-state index contributed by atoms with van der Waals surface area (Å²) in [6.07, 6.45) is -2.49. The van der Waals surface area contributed by atoms with E-state index < -0.39 is 41.3 Å². The molecule has 1 unspecified atom stereocenters. The van der Waals surface area contributed by atoms with E-state index in [1.165, 1.54) is 24.3 Å². The van der Waals surface area contributed by atoms with Crippen LogP contribution in [0.3, 0.4) is 0 Å². The van der Waals surface area contributed by atoms with Crippen LogP contribution in [-0.2, 0) is 11.2 Å². The standard InChI is InChI=1S/C24H20O10/c25-13-2-1-9(3-15(13)27)11-7-20(31)33-19-8-14(26)12-6-18(30)23(34-24(12)21(11)19)10-4-16(28)22(32)17(29)5-10/h1-5,8,11,18,23,25-30,32H,6-7H2/t11?,18-,23+/m0/s1. The third-order valence-electron chi connectivity index (χ3n) is 6.13. The van der Waals surface area contributed by atoms with Crippen molar-refractivity contribution in [3.8, 4) is 46.0 Å². The molecule has 0 amide bonds. The molecule has 10 heteroatoms. The number of hydrogen-bond acceptors (Lipinski definition) is 10. The fourth-order valence-corrected chi connectivity index (χ4v) is 4.50. The monoisotopic (exact) mass is 468 g/mol. The summed E-state index contributed by atoms with van der Waals surface area (Å²) >= 11 is 0. The molecular weight excluding hydrogens is 448 g/mol. The van der Waals surface area contributed by atoms with Crippen molar-refractivity contribution in [1.29, 1.82) is 0 Å². The summed E-state index contributed by atoms with van der Waals surface area (Å²) in [5, 5.41) is 70.4. The number of esters is 1. The Labute approximate surface area is 192 Å². The quantitative estimate of drug-likeness (QED) is 0.168. The Hall–Kier alpha value is -4.31. The molecule has 0 saturated carbocycles. The van der Waals surface area contributed by atoms with Crippen LogP contribution in [0.5, 0.6) is 46.0 Å². The Morgan fingerprint density at radius 1 is 0.765 bits per heavy atom. The largest absolute Gasteiger partial charge is 0.507 e. The second kappa shape index (κ2) is 7.63. The highest BCUT2D eigenvalue weighted by molar-refractivity contribution is 5.80. The maximum atomic E-state index is 12.3. The summed E-state index contributed by atoms with van der Waals surface area (Å²) in [5.74, 6) is -3.98. The highest BCUT2D eigenvalue weighted by Crippen LogP contribution is 2.53. The number of carbonyl (C=O) groups is 1. The molecule has 0 saturated heterocycles. The van der Waals surface area contributed by atoms with Crippen molar-refractivity contribution in [2.24, 2.45) is 0 Å². The number of benzene rings is 3. The number of aromatic hydroxyl groups is 6. The minimum atomic E-state index is -1.19. The first-order valence-corrected chi connectivity index (χ1v) is 10.3. The second-order valence-corrected chi connectivity index (χ2v) is 8.31. The van der Waals surface area contributed by atoms with E-state index in [1.807, 2.05) is 0 Å². The van der Waals surface area contributed by atoms with E-state index in [0.717, 1.165) is 12.1 Å². The van der Waals surface area contributed by atoms with Crippen molar-refractivity contribution in [2.75, 3.05) is 0 Å².